The van der Waals surface area contributed by atoms with E-state index >= 15 is 0 Å². The highest BCUT2D eigenvalue weighted by Gasteiger charge is 2.13. The molecule has 4 nitrogen and oxygen atoms in total. The zero-order valence-corrected chi connectivity index (χ0v) is 11.4. The normalized spacial score (nSPS) is 11.2. The van der Waals surface area contributed by atoms with E-state index in [0.717, 1.165) is 24.0 Å². The first-order valence-electron chi connectivity index (χ1n) is 6.07. The molecule has 0 aromatic heterocycles. The molecule has 0 spiro atoms. The Kier molecular flexibility index (Phi) is 4.73. The summed E-state index contributed by atoms with van der Waals surface area (Å²) < 4.78 is 0. The van der Waals surface area contributed by atoms with Crippen LogP contribution in [0.2, 0.25) is 0 Å². The second-order valence-electron chi connectivity index (χ2n) is 5.12. The van der Waals surface area contributed by atoms with Crippen molar-refractivity contribution in [1.82, 2.24) is 0 Å². The molecular formula is C14H21NO3. The van der Waals surface area contributed by atoms with Gasteiger partial charge in [-0.25, -0.2) is 4.79 Å². The van der Waals surface area contributed by atoms with Crippen molar-refractivity contribution in [3.63, 3.8) is 0 Å². The summed E-state index contributed by atoms with van der Waals surface area (Å²) in [5, 5.41) is 0. The maximum Gasteiger partial charge on any atom is 0.352 e. The standard InChI is InChI=1S/C14H21NO3/c1-5-12-8-11(9-14(3,4)15)6-7-13(12)18-17-10(2)16/h6-8H,5,9,15H2,1-4H3. The van der Waals surface area contributed by atoms with Crippen LogP contribution in [-0.2, 0) is 22.5 Å². The zero-order chi connectivity index (χ0) is 13.8. The highest BCUT2D eigenvalue weighted by atomic mass is 17.2. The van der Waals surface area contributed by atoms with Crippen molar-refractivity contribution in [2.75, 3.05) is 0 Å². The highest BCUT2D eigenvalue weighted by molar-refractivity contribution is 5.65. The van der Waals surface area contributed by atoms with E-state index in [1.54, 1.807) is 0 Å². The third-order valence-electron chi connectivity index (χ3n) is 2.41. The van der Waals surface area contributed by atoms with Gasteiger partial charge in [0.25, 0.3) is 0 Å². The lowest BCUT2D eigenvalue weighted by Gasteiger charge is -2.19. The lowest BCUT2D eigenvalue weighted by Crippen LogP contribution is -2.34. The summed E-state index contributed by atoms with van der Waals surface area (Å²) in [5.41, 5.74) is 7.89. The van der Waals surface area contributed by atoms with Gasteiger partial charge >= 0.3 is 5.97 Å². The number of hydrogen-bond donors (Lipinski definition) is 1. The molecular weight excluding hydrogens is 230 g/mol. The Labute approximate surface area is 108 Å². The van der Waals surface area contributed by atoms with E-state index in [4.69, 9.17) is 10.6 Å². The van der Waals surface area contributed by atoms with Gasteiger partial charge in [-0.15, -0.1) is 0 Å². The maximum absolute atomic E-state index is 10.7. The van der Waals surface area contributed by atoms with Crippen molar-refractivity contribution in [3.05, 3.63) is 29.3 Å². The Morgan fingerprint density at radius 2 is 2.06 bits per heavy atom. The number of aryl methyl sites for hydroxylation is 1. The summed E-state index contributed by atoms with van der Waals surface area (Å²) in [6.45, 7) is 7.30. The molecule has 1 aromatic carbocycles. The van der Waals surface area contributed by atoms with E-state index in [1.165, 1.54) is 6.92 Å². The molecule has 4 heteroatoms. The van der Waals surface area contributed by atoms with Crippen LogP contribution in [0.15, 0.2) is 18.2 Å². The molecule has 2 N–H and O–H groups in total. The quantitative estimate of drug-likeness (QED) is 0.644. The number of benzene rings is 1. The molecule has 0 heterocycles. The highest BCUT2D eigenvalue weighted by Crippen LogP contribution is 2.23. The topological polar surface area (TPSA) is 61.6 Å². The van der Waals surface area contributed by atoms with Gasteiger partial charge in [0.1, 0.15) is 0 Å². The predicted molar refractivity (Wildman–Crippen MR) is 70.2 cm³/mol. The third kappa shape index (κ3) is 4.75. The van der Waals surface area contributed by atoms with Crippen molar-refractivity contribution in [2.24, 2.45) is 5.73 Å². The van der Waals surface area contributed by atoms with Gasteiger partial charge in [0.2, 0.25) is 0 Å². The van der Waals surface area contributed by atoms with Crippen molar-refractivity contribution in [2.45, 2.75) is 46.1 Å². The minimum Gasteiger partial charge on any atom is -0.325 e. The molecule has 0 saturated carbocycles. The Hall–Kier alpha value is -1.55. The Balaban J connectivity index is 2.86. The first-order valence-corrected chi connectivity index (χ1v) is 6.07. The average Bonchev–Trinajstić information content (AvgIpc) is 2.24. The van der Waals surface area contributed by atoms with Crippen molar-refractivity contribution < 1.29 is 14.6 Å². The first-order chi connectivity index (χ1) is 8.31. The van der Waals surface area contributed by atoms with Crippen LogP contribution in [0.5, 0.6) is 5.75 Å². The van der Waals surface area contributed by atoms with Crippen LogP contribution in [0.4, 0.5) is 0 Å². The fourth-order valence-corrected chi connectivity index (χ4v) is 1.73. The van der Waals surface area contributed by atoms with E-state index in [0.29, 0.717) is 5.75 Å². The number of nitrogens with two attached hydrogens (primary N) is 1. The van der Waals surface area contributed by atoms with E-state index in [-0.39, 0.29) is 5.54 Å². The first kappa shape index (κ1) is 14.5. The van der Waals surface area contributed by atoms with Gasteiger partial charge < -0.3 is 5.73 Å². The molecule has 0 aliphatic heterocycles. The largest absolute Gasteiger partial charge is 0.352 e. The Morgan fingerprint density at radius 3 is 2.56 bits per heavy atom. The van der Waals surface area contributed by atoms with Gasteiger partial charge in [0, 0.05) is 12.5 Å². The summed E-state index contributed by atoms with van der Waals surface area (Å²) in [6, 6.07) is 5.78. The monoisotopic (exact) mass is 251 g/mol. The van der Waals surface area contributed by atoms with Crippen molar-refractivity contribution in [3.8, 4) is 5.75 Å². The van der Waals surface area contributed by atoms with Crippen molar-refractivity contribution in [1.29, 1.82) is 0 Å². The van der Waals surface area contributed by atoms with Crippen molar-refractivity contribution >= 4 is 5.97 Å². The second kappa shape index (κ2) is 5.87. The average molecular weight is 251 g/mol. The van der Waals surface area contributed by atoms with Gasteiger partial charge in [-0.3, -0.25) is 9.78 Å². The summed E-state index contributed by atoms with van der Waals surface area (Å²) in [6.07, 6.45) is 1.59. The van der Waals surface area contributed by atoms with Gasteiger partial charge in [-0.05, 0) is 43.9 Å². The predicted octanol–water partition coefficient (Wildman–Crippen LogP) is 2.39. The number of rotatable bonds is 5. The molecule has 0 fully saturated rings. The molecule has 1 rings (SSSR count). The number of carbonyl (C=O) groups is 1. The molecule has 0 saturated heterocycles. The minimum atomic E-state index is -0.468. The molecule has 0 amide bonds. The Bertz CT molecular complexity index is 422. The zero-order valence-electron chi connectivity index (χ0n) is 11.4. The van der Waals surface area contributed by atoms with Crippen LogP contribution < -0.4 is 10.6 Å². The van der Waals surface area contributed by atoms with Crippen LogP contribution in [0, 0.1) is 0 Å². The minimum absolute atomic E-state index is 0.247. The van der Waals surface area contributed by atoms with E-state index in [1.807, 2.05) is 39.0 Å². The van der Waals surface area contributed by atoms with Crippen LogP contribution in [0.3, 0.4) is 0 Å². The fraction of sp³-hybridized carbons (Fsp3) is 0.500. The summed E-state index contributed by atoms with van der Waals surface area (Å²) in [5.74, 6) is 0.107. The smallest absolute Gasteiger partial charge is 0.325 e. The fourth-order valence-electron chi connectivity index (χ4n) is 1.73. The number of hydrogen-bond acceptors (Lipinski definition) is 4. The summed E-state index contributed by atoms with van der Waals surface area (Å²) >= 11 is 0. The molecule has 0 unspecified atom stereocenters. The van der Waals surface area contributed by atoms with Gasteiger partial charge in [-0.2, -0.15) is 0 Å². The molecule has 18 heavy (non-hydrogen) atoms. The lowest BCUT2D eigenvalue weighted by molar-refractivity contribution is -0.211. The molecule has 0 radical (unpaired) electrons. The maximum atomic E-state index is 10.7. The Morgan fingerprint density at radius 1 is 1.39 bits per heavy atom. The van der Waals surface area contributed by atoms with Gasteiger partial charge in [-0.1, -0.05) is 19.1 Å². The third-order valence-corrected chi connectivity index (χ3v) is 2.41. The summed E-state index contributed by atoms with van der Waals surface area (Å²) in [7, 11) is 0. The van der Waals surface area contributed by atoms with Crippen LogP contribution in [-0.4, -0.2) is 11.5 Å². The summed E-state index contributed by atoms with van der Waals surface area (Å²) in [4.78, 5) is 20.2. The SMILES string of the molecule is CCc1cc(CC(C)(C)N)ccc1OOC(C)=O. The lowest BCUT2D eigenvalue weighted by atomic mass is 9.94. The molecule has 0 aliphatic rings. The van der Waals surface area contributed by atoms with Crippen LogP contribution in [0.1, 0.15) is 38.8 Å². The van der Waals surface area contributed by atoms with E-state index in [9.17, 15) is 4.79 Å². The van der Waals surface area contributed by atoms with E-state index in [2.05, 4.69) is 4.89 Å². The van der Waals surface area contributed by atoms with Crippen LogP contribution >= 0.6 is 0 Å². The molecule has 1 aromatic rings. The molecule has 0 atom stereocenters. The molecule has 0 bridgehead atoms. The van der Waals surface area contributed by atoms with Gasteiger partial charge in [0.05, 0.1) is 0 Å². The van der Waals surface area contributed by atoms with Crippen LogP contribution in [0.25, 0.3) is 0 Å². The van der Waals surface area contributed by atoms with Gasteiger partial charge in [0.15, 0.2) is 5.75 Å². The second-order valence-corrected chi connectivity index (χ2v) is 5.12. The van der Waals surface area contributed by atoms with E-state index < -0.39 is 5.97 Å². The molecule has 100 valence electrons. The molecule has 0 aliphatic carbocycles. The number of carbonyl (C=O) groups excluding carboxylic acids is 1.